The Labute approximate surface area is 163 Å². The van der Waals surface area contributed by atoms with E-state index in [9.17, 15) is 9.18 Å². The number of hydrogen-bond donors (Lipinski definition) is 1. The van der Waals surface area contributed by atoms with Crippen molar-refractivity contribution in [3.05, 3.63) is 66.0 Å². The lowest BCUT2D eigenvalue weighted by Gasteiger charge is -2.17. The molecule has 0 bridgehead atoms. The van der Waals surface area contributed by atoms with Gasteiger partial charge in [0, 0.05) is 30.6 Å². The highest BCUT2D eigenvalue weighted by Gasteiger charge is 2.15. The maximum atomic E-state index is 13.6. The number of para-hydroxylation sites is 1. The van der Waals surface area contributed by atoms with Gasteiger partial charge in [-0.3, -0.25) is 4.79 Å². The number of hydrogen-bond acceptors (Lipinski definition) is 4. The van der Waals surface area contributed by atoms with Crippen molar-refractivity contribution < 1.29 is 13.9 Å². The Morgan fingerprint density at radius 1 is 1.07 bits per heavy atom. The van der Waals surface area contributed by atoms with Crippen molar-refractivity contribution >= 4 is 22.6 Å². The highest BCUT2D eigenvalue weighted by atomic mass is 19.1. The van der Waals surface area contributed by atoms with Gasteiger partial charge < -0.3 is 15.0 Å². The molecule has 1 N–H and O–H groups in total. The number of anilines is 1. The molecule has 0 aliphatic carbocycles. The lowest BCUT2D eigenvalue weighted by molar-refractivity contribution is -0.123. The smallest absolute Gasteiger partial charge is 0.258 e. The molecule has 1 aliphatic heterocycles. The Kier molecular flexibility index (Phi) is 5.37. The first-order chi connectivity index (χ1) is 13.7. The minimum atomic E-state index is -0.337. The van der Waals surface area contributed by atoms with Gasteiger partial charge in [-0.15, -0.1) is 0 Å². The van der Waals surface area contributed by atoms with Crippen LogP contribution in [0.3, 0.4) is 0 Å². The van der Waals surface area contributed by atoms with Crippen molar-refractivity contribution in [3.8, 4) is 5.75 Å². The number of halogens is 1. The largest absolute Gasteiger partial charge is 0.481 e. The van der Waals surface area contributed by atoms with Gasteiger partial charge in [-0.25, -0.2) is 9.37 Å². The Bertz CT molecular complexity index is 986. The van der Waals surface area contributed by atoms with E-state index in [1.807, 2.05) is 30.3 Å². The minimum Gasteiger partial charge on any atom is -0.481 e. The first-order valence-corrected chi connectivity index (χ1v) is 9.48. The molecule has 0 unspecified atom stereocenters. The van der Waals surface area contributed by atoms with Crippen molar-refractivity contribution in [3.63, 3.8) is 0 Å². The molecule has 1 aromatic heterocycles. The lowest BCUT2D eigenvalue weighted by atomic mass is 10.2. The average molecular weight is 379 g/mol. The molecule has 144 valence electrons. The van der Waals surface area contributed by atoms with Crippen LogP contribution in [-0.4, -0.2) is 30.6 Å². The van der Waals surface area contributed by atoms with Crippen LogP contribution >= 0.6 is 0 Å². The fraction of sp³-hybridized carbons (Fsp3) is 0.273. The predicted molar refractivity (Wildman–Crippen MR) is 107 cm³/mol. The zero-order valence-corrected chi connectivity index (χ0v) is 15.5. The van der Waals surface area contributed by atoms with Crippen LogP contribution < -0.4 is 15.0 Å². The van der Waals surface area contributed by atoms with Crippen LogP contribution in [0.1, 0.15) is 18.4 Å². The number of fused-ring (bicyclic) bond motifs is 1. The van der Waals surface area contributed by atoms with E-state index in [1.165, 1.54) is 18.9 Å². The molecule has 1 amide bonds. The number of nitrogens with one attached hydrogen (secondary N) is 1. The maximum absolute atomic E-state index is 13.6. The summed E-state index contributed by atoms with van der Waals surface area (Å²) in [6.07, 6.45) is 2.36. The number of nitrogens with zero attached hydrogens (tertiary/aromatic N) is 2. The van der Waals surface area contributed by atoms with Gasteiger partial charge in [-0.2, -0.15) is 0 Å². The summed E-state index contributed by atoms with van der Waals surface area (Å²) in [7, 11) is 0. The number of carbonyl (C=O) groups is 1. The predicted octanol–water partition coefficient (Wildman–Crippen LogP) is 3.67. The highest BCUT2D eigenvalue weighted by molar-refractivity contribution is 5.86. The first-order valence-electron chi connectivity index (χ1n) is 9.48. The second-order valence-electron chi connectivity index (χ2n) is 6.85. The molecule has 5 nitrogen and oxygen atoms in total. The van der Waals surface area contributed by atoms with Gasteiger partial charge in [-0.1, -0.05) is 30.3 Å². The zero-order valence-electron chi connectivity index (χ0n) is 15.5. The molecule has 4 rings (SSSR count). The van der Waals surface area contributed by atoms with E-state index in [-0.39, 0.29) is 24.9 Å². The third-order valence-electron chi connectivity index (χ3n) is 4.89. The third kappa shape index (κ3) is 4.06. The van der Waals surface area contributed by atoms with E-state index in [2.05, 4.69) is 10.2 Å². The number of pyridine rings is 1. The lowest BCUT2D eigenvalue weighted by Crippen LogP contribution is -2.28. The van der Waals surface area contributed by atoms with Gasteiger partial charge in [0.2, 0.25) is 0 Å². The van der Waals surface area contributed by atoms with E-state index in [0.717, 1.165) is 29.8 Å². The third-order valence-corrected chi connectivity index (χ3v) is 4.89. The SMILES string of the molecule is O=C(COc1cccc2ccc(N3CCCC3)nc12)NCc1ccccc1F. The van der Waals surface area contributed by atoms with Crippen molar-refractivity contribution in [1.82, 2.24) is 10.3 Å². The first kappa shape index (κ1) is 18.2. The Morgan fingerprint density at radius 2 is 1.89 bits per heavy atom. The average Bonchev–Trinajstić information content (AvgIpc) is 3.26. The number of benzene rings is 2. The fourth-order valence-electron chi connectivity index (χ4n) is 3.38. The molecule has 2 heterocycles. The van der Waals surface area contributed by atoms with Crippen molar-refractivity contribution in [2.24, 2.45) is 0 Å². The van der Waals surface area contributed by atoms with Gasteiger partial charge >= 0.3 is 0 Å². The molecule has 0 radical (unpaired) electrons. The van der Waals surface area contributed by atoms with E-state index >= 15 is 0 Å². The quantitative estimate of drug-likeness (QED) is 0.710. The summed E-state index contributed by atoms with van der Waals surface area (Å²) in [5, 5.41) is 3.65. The summed E-state index contributed by atoms with van der Waals surface area (Å²) in [4.78, 5) is 19.1. The molecular weight excluding hydrogens is 357 g/mol. The molecule has 1 fully saturated rings. The minimum absolute atomic E-state index is 0.127. The summed E-state index contributed by atoms with van der Waals surface area (Å²) in [5.41, 5.74) is 1.19. The molecule has 3 aromatic rings. The van der Waals surface area contributed by atoms with Crippen molar-refractivity contribution in [2.45, 2.75) is 19.4 Å². The molecule has 0 spiro atoms. The second-order valence-corrected chi connectivity index (χ2v) is 6.85. The van der Waals surface area contributed by atoms with Crippen molar-refractivity contribution in [2.75, 3.05) is 24.6 Å². The summed E-state index contributed by atoms with van der Waals surface area (Å²) < 4.78 is 19.4. The second kappa shape index (κ2) is 8.25. The molecular formula is C22H22FN3O2. The number of rotatable bonds is 6. The van der Waals surface area contributed by atoms with Crippen LogP contribution in [0.4, 0.5) is 10.2 Å². The Balaban J connectivity index is 1.43. The number of amides is 1. The van der Waals surface area contributed by atoms with Gasteiger partial charge in [0.25, 0.3) is 5.91 Å². The van der Waals surface area contributed by atoms with Crippen LogP contribution in [0.2, 0.25) is 0 Å². The molecule has 1 saturated heterocycles. The van der Waals surface area contributed by atoms with Gasteiger partial charge in [0.15, 0.2) is 6.61 Å². The van der Waals surface area contributed by atoms with Crippen LogP contribution in [0, 0.1) is 5.82 Å². The molecule has 0 atom stereocenters. The zero-order chi connectivity index (χ0) is 19.3. The molecule has 1 aliphatic rings. The standard InChI is InChI=1S/C22H22FN3O2/c23-18-8-2-1-6-17(18)14-24-21(27)15-28-19-9-5-7-16-10-11-20(25-22(16)19)26-12-3-4-13-26/h1-2,5-11H,3-4,12-15H2,(H,24,27). The number of ether oxygens (including phenoxy) is 1. The number of aromatic nitrogens is 1. The van der Waals surface area contributed by atoms with Gasteiger partial charge in [0.1, 0.15) is 22.9 Å². The van der Waals surface area contributed by atoms with Gasteiger partial charge in [-0.05, 0) is 37.1 Å². The van der Waals surface area contributed by atoms with Crippen LogP contribution in [0.15, 0.2) is 54.6 Å². The molecule has 0 saturated carbocycles. The molecule has 6 heteroatoms. The van der Waals surface area contributed by atoms with E-state index in [1.54, 1.807) is 18.2 Å². The van der Waals surface area contributed by atoms with Crippen LogP contribution in [-0.2, 0) is 11.3 Å². The summed E-state index contributed by atoms with van der Waals surface area (Å²) in [6.45, 7) is 2.00. The molecule has 2 aromatic carbocycles. The van der Waals surface area contributed by atoms with Crippen LogP contribution in [0.25, 0.3) is 10.9 Å². The highest BCUT2D eigenvalue weighted by Crippen LogP contribution is 2.27. The maximum Gasteiger partial charge on any atom is 0.258 e. The summed E-state index contributed by atoms with van der Waals surface area (Å²) >= 11 is 0. The normalized spacial score (nSPS) is 13.7. The summed E-state index contributed by atoms with van der Waals surface area (Å²) in [6, 6.07) is 16.1. The monoisotopic (exact) mass is 379 g/mol. The Morgan fingerprint density at radius 3 is 2.71 bits per heavy atom. The van der Waals surface area contributed by atoms with E-state index in [4.69, 9.17) is 9.72 Å². The van der Waals surface area contributed by atoms with Crippen molar-refractivity contribution in [1.29, 1.82) is 0 Å². The molecule has 28 heavy (non-hydrogen) atoms. The van der Waals surface area contributed by atoms with E-state index in [0.29, 0.717) is 11.3 Å². The summed E-state index contributed by atoms with van der Waals surface area (Å²) in [5.74, 6) is 0.858. The van der Waals surface area contributed by atoms with E-state index < -0.39 is 0 Å². The fourth-order valence-corrected chi connectivity index (χ4v) is 3.38. The van der Waals surface area contributed by atoms with Crippen LogP contribution in [0.5, 0.6) is 5.75 Å². The Hall–Kier alpha value is -3.15. The topological polar surface area (TPSA) is 54.5 Å². The number of carbonyl (C=O) groups excluding carboxylic acids is 1. The van der Waals surface area contributed by atoms with Gasteiger partial charge in [0.05, 0.1) is 0 Å².